The average Bonchev–Trinajstić information content (AvgIpc) is 2.37. The van der Waals surface area contributed by atoms with Crippen molar-refractivity contribution < 1.29 is 19.1 Å². The molecule has 0 aliphatic carbocycles. The Balaban J connectivity index is 2.87. The Labute approximate surface area is 110 Å². The SMILES string of the molecule is CCOCC(=O)Nc1ccc(Cl)cc1C(=O)OC. The number of esters is 1. The molecule has 0 radical (unpaired) electrons. The normalized spacial score (nSPS) is 9.94. The second-order valence-corrected chi connectivity index (χ2v) is 3.80. The van der Waals surface area contributed by atoms with Gasteiger partial charge >= 0.3 is 5.97 Å². The first kappa shape index (κ1) is 14.5. The first-order valence-electron chi connectivity index (χ1n) is 5.34. The molecule has 0 aliphatic heterocycles. The maximum atomic E-state index is 11.5. The van der Waals surface area contributed by atoms with Crippen LogP contribution in [0, 0.1) is 0 Å². The van der Waals surface area contributed by atoms with Gasteiger partial charge < -0.3 is 14.8 Å². The Morgan fingerprint density at radius 3 is 2.72 bits per heavy atom. The van der Waals surface area contributed by atoms with Gasteiger partial charge in [-0.25, -0.2) is 4.79 Å². The minimum Gasteiger partial charge on any atom is -0.465 e. The molecule has 0 atom stereocenters. The summed E-state index contributed by atoms with van der Waals surface area (Å²) in [6.07, 6.45) is 0. The number of halogens is 1. The summed E-state index contributed by atoms with van der Waals surface area (Å²) < 4.78 is 9.58. The molecule has 1 rings (SSSR count). The van der Waals surface area contributed by atoms with E-state index in [2.05, 4.69) is 10.1 Å². The lowest BCUT2D eigenvalue weighted by molar-refractivity contribution is -0.120. The maximum absolute atomic E-state index is 11.5. The lowest BCUT2D eigenvalue weighted by atomic mass is 10.2. The number of hydrogen-bond acceptors (Lipinski definition) is 4. The van der Waals surface area contributed by atoms with Gasteiger partial charge in [-0.3, -0.25) is 4.79 Å². The number of carbonyl (C=O) groups excluding carboxylic acids is 2. The zero-order chi connectivity index (χ0) is 13.5. The van der Waals surface area contributed by atoms with E-state index in [1.165, 1.54) is 13.2 Å². The Hall–Kier alpha value is -1.59. The number of rotatable bonds is 5. The van der Waals surface area contributed by atoms with Crippen LogP contribution >= 0.6 is 11.6 Å². The van der Waals surface area contributed by atoms with Gasteiger partial charge in [0.2, 0.25) is 5.91 Å². The zero-order valence-corrected chi connectivity index (χ0v) is 10.9. The van der Waals surface area contributed by atoms with Gasteiger partial charge in [0.15, 0.2) is 0 Å². The van der Waals surface area contributed by atoms with Crippen LogP contribution in [0.3, 0.4) is 0 Å². The third kappa shape index (κ3) is 4.01. The molecule has 98 valence electrons. The van der Waals surface area contributed by atoms with Crippen molar-refractivity contribution in [1.29, 1.82) is 0 Å². The Morgan fingerprint density at radius 1 is 1.39 bits per heavy atom. The number of methoxy groups -OCH3 is 1. The van der Waals surface area contributed by atoms with Gasteiger partial charge in [0.05, 0.1) is 18.4 Å². The fourth-order valence-corrected chi connectivity index (χ4v) is 1.46. The fourth-order valence-electron chi connectivity index (χ4n) is 1.29. The van der Waals surface area contributed by atoms with E-state index in [0.29, 0.717) is 17.3 Å². The van der Waals surface area contributed by atoms with E-state index < -0.39 is 5.97 Å². The molecule has 0 saturated heterocycles. The molecule has 0 heterocycles. The lowest BCUT2D eigenvalue weighted by Gasteiger charge is -2.10. The third-order valence-electron chi connectivity index (χ3n) is 2.10. The lowest BCUT2D eigenvalue weighted by Crippen LogP contribution is -2.20. The molecule has 1 aromatic rings. The van der Waals surface area contributed by atoms with Crippen LogP contribution in [0.1, 0.15) is 17.3 Å². The molecule has 0 spiro atoms. The highest BCUT2D eigenvalue weighted by molar-refractivity contribution is 6.31. The molecule has 0 aliphatic rings. The molecule has 6 heteroatoms. The van der Waals surface area contributed by atoms with E-state index in [4.69, 9.17) is 16.3 Å². The minimum absolute atomic E-state index is 0.0697. The van der Waals surface area contributed by atoms with Crippen molar-refractivity contribution in [3.05, 3.63) is 28.8 Å². The first-order valence-corrected chi connectivity index (χ1v) is 5.71. The number of ether oxygens (including phenoxy) is 2. The maximum Gasteiger partial charge on any atom is 0.340 e. The summed E-state index contributed by atoms with van der Waals surface area (Å²) in [5, 5.41) is 2.95. The van der Waals surface area contributed by atoms with Crippen LogP contribution in [0.4, 0.5) is 5.69 Å². The van der Waals surface area contributed by atoms with Gasteiger partial charge in [0.1, 0.15) is 6.61 Å². The number of benzene rings is 1. The summed E-state index contributed by atoms with van der Waals surface area (Å²) in [7, 11) is 1.26. The number of anilines is 1. The van der Waals surface area contributed by atoms with Crippen LogP contribution in [0.25, 0.3) is 0 Å². The molecular formula is C12H14ClNO4. The second-order valence-electron chi connectivity index (χ2n) is 3.37. The van der Waals surface area contributed by atoms with Gasteiger partial charge in [-0.05, 0) is 25.1 Å². The fraction of sp³-hybridized carbons (Fsp3) is 0.333. The van der Waals surface area contributed by atoms with Crippen molar-refractivity contribution in [2.75, 3.05) is 25.6 Å². The summed E-state index contributed by atoms with van der Waals surface area (Å²) in [4.78, 5) is 23.0. The van der Waals surface area contributed by atoms with Crippen LogP contribution in [0.5, 0.6) is 0 Å². The molecule has 1 N–H and O–H groups in total. The summed E-state index contributed by atoms with van der Waals surface area (Å²) in [5.74, 6) is -0.909. The monoisotopic (exact) mass is 271 g/mol. The van der Waals surface area contributed by atoms with Crippen LogP contribution in [0.2, 0.25) is 5.02 Å². The van der Waals surface area contributed by atoms with E-state index >= 15 is 0 Å². The van der Waals surface area contributed by atoms with Gasteiger partial charge in [0, 0.05) is 11.6 Å². The predicted molar refractivity (Wildman–Crippen MR) is 67.9 cm³/mol. The predicted octanol–water partition coefficient (Wildman–Crippen LogP) is 2.10. The summed E-state index contributed by atoms with van der Waals surface area (Å²) >= 11 is 5.79. The molecule has 0 saturated carbocycles. The Kier molecular flexibility index (Phi) is 5.61. The molecule has 1 amide bonds. The smallest absolute Gasteiger partial charge is 0.340 e. The zero-order valence-electron chi connectivity index (χ0n) is 10.2. The van der Waals surface area contributed by atoms with E-state index in [1.54, 1.807) is 19.1 Å². The van der Waals surface area contributed by atoms with Crippen LogP contribution in [0.15, 0.2) is 18.2 Å². The van der Waals surface area contributed by atoms with E-state index in [-0.39, 0.29) is 18.1 Å². The van der Waals surface area contributed by atoms with Crippen molar-refractivity contribution in [2.45, 2.75) is 6.92 Å². The molecule has 0 bridgehead atoms. The molecule has 5 nitrogen and oxygen atoms in total. The summed E-state index contributed by atoms with van der Waals surface area (Å²) in [6.45, 7) is 2.16. The number of carbonyl (C=O) groups is 2. The van der Waals surface area contributed by atoms with Crippen LogP contribution in [-0.4, -0.2) is 32.2 Å². The van der Waals surface area contributed by atoms with Gasteiger partial charge in [-0.1, -0.05) is 11.6 Å². The van der Waals surface area contributed by atoms with Gasteiger partial charge in [-0.2, -0.15) is 0 Å². The van der Waals surface area contributed by atoms with Crippen LogP contribution < -0.4 is 5.32 Å². The van der Waals surface area contributed by atoms with Gasteiger partial charge in [-0.15, -0.1) is 0 Å². The molecular weight excluding hydrogens is 258 g/mol. The molecule has 0 aromatic heterocycles. The third-order valence-corrected chi connectivity index (χ3v) is 2.33. The topological polar surface area (TPSA) is 64.6 Å². The minimum atomic E-state index is -0.566. The van der Waals surface area contributed by atoms with Crippen LogP contribution in [-0.2, 0) is 14.3 Å². The Morgan fingerprint density at radius 2 is 2.11 bits per heavy atom. The van der Waals surface area contributed by atoms with Crippen molar-refractivity contribution >= 4 is 29.2 Å². The number of nitrogens with one attached hydrogen (secondary N) is 1. The summed E-state index contributed by atoms with van der Waals surface area (Å²) in [5.41, 5.74) is 0.547. The Bertz CT molecular complexity index is 448. The highest BCUT2D eigenvalue weighted by Crippen LogP contribution is 2.21. The van der Waals surface area contributed by atoms with Crippen molar-refractivity contribution in [3.63, 3.8) is 0 Å². The number of hydrogen-bond donors (Lipinski definition) is 1. The average molecular weight is 272 g/mol. The van der Waals surface area contributed by atoms with E-state index in [1.807, 2.05) is 0 Å². The van der Waals surface area contributed by atoms with Gasteiger partial charge in [0.25, 0.3) is 0 Å². The quantitative estimate of drug-likeness (QED) is 0.833. The molecule has 0 fully saturated rings. The largest absolute Gasteiger partial charge is 0.465 e. The highest BCUT2D eigenvalue weighted by atomic mass is 35.5. The second kappa shape index (κ2) is 6.98. The van der Waals surface area contributed by atoms with Crippen molar-refractivity contribution in [3.8, 4) is 0 Å². The van der Waals surface area contributed by atoms with E-state index in [9.17, 15) is 9.59 Å². The van der Waals surface area contributed by atoms with Crippen molar-refractivity contribution in [2.24, 2.45) is 0 Å². The standard InChI is InChI=1S/C12H14ClNO4/c1-3-18-7-11(15)14-10-5-4-8(13)6-9(10)12(16)17-2/h4-6H,3,7H2,1-2H3,(H,14,15). The molecule has 0 unspecified atom stereocenters. The molecule has 1 aromatic carbocycles. The summed E-state index contributed by atoms with van der Waals surface area (Å²) in [6, 6.07) is 4.55. The number of amides is 1. The molecule has 18 heavy (non-hydrogen) atoms. The highest BCUT2D eigenvalue weighted by Gasteiger charge is 2.14. The first-order chi connectivity index (χ1) is 8.58. The van der Waals surface area contributed by atoms with E-state index in [0.717, 1.165) is 0 Å². The van der Waals surface area contributed by atoms with Crippen molar-refractivity contribution in [1.82, 2.24) is 0 Å².